The van der Waals surface area contributed by atoms with Gasteiger partial charge in [-0.2, -0.15) is 0 Å². The van der Waals surface area contributed by atoms with Gasteiger partial charge < -0.3 is 19.4 Å². The minimum Gasteiger partial charge on any atom is -0.480 e. The van der Waals surface area contributed by atoms with Crippen LogP contribution in [0.1, 0.15) is 37.8 Å². The van der Waals surface area contributed by atoms with E-state index in [-0.39, 0.29) is 11.5 Å². The van der Waals surface area contributed by atoms with Gasteiger partial charge in [-0.3, -0.25) is 4.79 Å². The van der Waals surface area contributed by atoms with Crippen LogP contribution < -0.4 is 15.7 Å². The summed E-state index contributed by atoms with van der Waals surface area (Å²) in [5.74, 6) is 0.562. The number of benzene rings is 1. The number of fused-ring (bicyclic) bond motifs is 1. The lowest BCUT2D eigenvalue weighted by molar-refractivity contribution is -0.137. The second-order valence-electron chi connectivity index (χ2n) is 7.09. The van der Waals surface area contributed by atoms with Crippen molar-refractivity contribution in [3.63, 3.8) is 0 Å². The summed E-state index contributed by atoms with van der Waals surface area (Å²) in [5, 5.41) is 4.22. The van der Waals surface area contributed by atoms with Crippen molar-refractivity contribution in [2.24, 2.45) is 0 Å². The van der Waals surface area contributed by atoms with Crippen molar-refractivity contribution in [2.45, 2.75) is 46.1 Å². The van der Waals surface area contributed by atoms with Crippen molar-refractivity contribution in [3.8, 4) is 5.75 Å². The summed E-state index contributed by atoms with van der Waals surface area (Å²) in [4.78, 5) is 26.5. The Hall–Kier alpha value is -2.34. The molecule has 1 atom stereocenters. The van der Waals surface area contributed by atoms with Crippen molar-refractivity contribution in [2.75, 3.05) is 26.2 Å². The Labute approximate surface area is 159 Å². The number of carbonyl (C=O) groups excluding carboxylic acids is 1. The highest BCUT2D eigenvalue weighted by atomic mass is 16.5. The fraction of sp³-hybridized carbons (Fsp3) is 0.524. The largest absolute Gasteiger partial charge is 0.480 e. The second-order valence-corrected chi connectivity index (χ2v) is 7.09. The summed E-state index contributed by atoms with van der Waals surface area (Å²) in [6.07, 6.45) is 2.12. The van der Waals surface area contributed by atoms with Crippen molar-refractivity contribution in [3.05, 3.63) is 39.7 Å². The molecule has 1 aromatic carbocycles. The molecule has 0 spiro atoms. The Morgan fingerprint density at radius 2 is 2.15 bits per heavy atom. The van der Waals surface area contributed by atoms with Gasteiger partial charge >= 0.3 is 5.63 Å². The molecule has 1 N–H and O–H groups in total. The molecule has 1 aliphatic rings. The van der Waals surface area contributed by atoms with E-state index in [0.717, 1.165) is 55.4 Å². The molecule has 0 bridgehead atoms. The maximum absolute atomic E-state index is 12.7. The van der Waals surface area contributed by atoms with Crippen molar-refractivity contribution in [1.82, 2.24) is 10.2 Å². The van der Waals surface area contributed by atoms with Crippen LogP contribution in [0, 0.1) is 6.92 Å². The van der Waals surface area contributed by atoms with E-state index in [4.69, 9.17) is 9.15 Å². The van der Waals surface area contributed by atoms with E-state index in [9.17, 15) is 9.59 Å². The number of hydrogen-bond donors (Lipinski definition) is 1. The molecule has 2 aromatic rings. The van der Waals surface area contributed by atoms with E-state index < -0.39 is 6.10 Å². The van der Waals surface area contributed by atoms with Crippen LogP contribution in [0.4, 0.5) is 0 Å². The number of amides is 1. The summed E-state index contributed by atoms with van der Waals surface area (Å²) in [7, 11) is 0. The smallest absolute Gasteiger partial charge is 0.336 e. The maximum atomic E-state index is 12.7. The lowest BCUT2D eigenvalue weighted by atomic mass is 10.0. The molecule has 1 saturated heterocycles. The Balaban J connectivity index is 1.85. The molecule has 6 nitrogen and oxygen atoms in total. The lowest BCUT2D eigenvalue weighted by Crippen LogP contribution is -2.42. The fourth-order valence-electron chi connectivity index (χ4n) is 3.58. The average molecular weight is 372 g/mol. The molecular formula is C21H28N2O4. The van der Waals surface area contributed by atoms with Crippen LogP contribution in [0.2, 0.25) is 0 Å². The molecule has 6 heteroatoms. The first kappa shape index (κ1) is 19.4. The monoisotopic (exact) mass is 372 g/mol. The molecule has 1 aliphatic heterocycles. The molecule has 1 fully saturated rings. The first-order chi connectivity index (χ1) is 13.0. The molecule has 1 aromatic heterocycles. The number of hydrogen-bond acceptors (Lipinski definition) is 5. The fourth-order valence-corrected chi connectivity index (χ4v) is 3.58. The van der Waals surface area contributed by atoms with Gasteiger partial charge in [0.15, 0.2) is 6.10 Å². The predicted molar refractivity (Wildman–Crippen MR) is 105 cm³/mol. The van der Waals surface area contributed by atoms with Crippen LogP contribution in [0.25, 0.3) is 11.0 Å². The van der Waals surface area contributed by atoms with Gasteiger partial charge in [0.25, 0.3) is 5.91 Å². The van der Waals surface area contributed by atoms with Gasteiger partial charge in [0, 0.05) is 36.7 Å². The Bertz CT molecular complexity index is 866. The third-order valence-electron chi connectivity index (χ3n) is 5.02. The predicted octanol–water partition coefficient (Wildman–Crippen LogP) is 2.64. The van der Waals surface area contributed by atoms with E-state index >= 15 is 0 Å². The SMILES string of the molecule is CCCc1cc(=O)oc2c(C)c(OC(C)C(=O)N3CCCNCC3)ccc12. The zero-order valence-corrected chi connectivity index (χ0v) is 16.3. The van der Waals surface area contributed by atoms with Gasteiger partial charge in [0.2, 0.25) is 0 Å². The average Bonchev–Trinajstić information content (AvgIpc) is 2.93. The minimum absolute atomic E-state index is 0.0145. The van der Waals surface area contributed by atoms with E-state index in [1.807, 2.05) is 24.0 Å². The Kier molecular flexibility index (Phi) is 6.16. The van der Waals surface area contributed by atoms with Crippen molar-refractivity contribution < 1.29 is 13.9 Å². The number of aryl methyl sites for hydroxylation is 2. The number of rotatable bonds is 5. The third-order valence-corrected chi connectivity index (χ3v) is 5.02. The van der Waals surface area contributed by atoms with Gasteiger partial charge in [0.1, 0.15) is 11.3 Å². The molecule has 0 radical (unpaired) electrons. The Morgan fingerprint density at radius 1 is 1.33 bits per heavy atom. The molecule has 146 valence electrons. The van der Waals surface area contributed by atoms with Crippen LogP contribution in [-0.2, 0) is 11.2 Å². The topological polar surface area (TPSA) is 71.8 Å². The molecular weight excluding hydrogens is 344 g/mol. The number of nitrogens with one attached hydrogen (secondary N) is 1. The van der Waals surface area contributed by atoms with Gasteiger partial charge in [-0.15, -0.1) is 0 Å². The molecule has 0 aliphatic carbocycles. The minimum atomic E-state index is -0.593. The van der Waals surface area contributed by atoms with Gasteiger partial charge in [-0.25, -0.2) is 4.79 Å². The highest BCUT2D eigenvalue weighted by Gasteiger charge is 2.24. The summed E-state index contributed by atoms with van der Waals surface area (Å²) < 4.78 is 11.4. The molecule has 3 rings (SSSR count). The number of carbonyl (C=O) groups is 1. The molecule has 1 amide bonds. The van der Waals surface area contributed by atoms with E-state index in [1.165, 1.54) is 0 Å². The second kappa shape index (κ2) is 8.57. The zero-order chi connectivity index (χ0) is 19.4. The molecule has 2 heterocycles. The quantitative estimate of drug-likeness (QED) is 0.817. The lowest BCUT2D eigenvalue weighted by Gasteiger charge is -2.25. The zero-order valence-electron chi connectivity index (χ0n) is 16.3. The molecule has 1 unspecified atom stereocenters. The first-order valence-corrected chi connectivity index (χ1v) is 9.73. The molecule has 27 heavy (non-hydrogen) atoms. The third kappa shape index (κ3) is 4.33. The number of nitrogens with zero attached hydrogens (tertiary/aromatic N) is 1. The first-order valence-electron chi connectivity index (χ1n) is 9.73. The highest BCUT2D eigenvalue weighted by molar-refractivity contribution is 5.85. The standard InChI is InChI=1S/C21H28N2O4/c1-4-6-16-13-19(24)27-20-14(2)18(8-7-17(16)20)26-15(3)21(25)23-11-5-9-22-10-12-23/h7-8,13,15,22H,4-6,9-12H2,1-3H3. The number of ether oxygens (including phenoxy) is 1. The van der Waals surface area contributed by atoms with Gasteiger partial charge in [-0.05, 0) is 50.9 Å². The summed E-state index contributed by atoms with van der Waals surface area (Å²) in [5.41, 5.74) is 1.92. The molecule has 0 saturated carbocycles. The van der Waals surface area contributed by atoms with Crippen LogP contribution in [-0.4, -0.2) is 43.1 Å². The highest BCUT2D eigenvalue weighted by Crippen LogP contribution is 2.29. The van der Waals surface area contributed by atoms with Crippen LogP contribution in [0.5, 0.6) is 5.75 Å². The Morgan fingerprint density at radius 3 is 2.93 bits per heavy atom. The normalized spacial score (nSPS) is 16.2. The summed E-state index contributed by atoms with van der Waals surface area (Å²) in [6, 6.07) is 5.34. The van der Waals surface area contributed by atoms with Crippen molar-refractivity contribution in [1.29, 1.82) is 0 Å². The van der Waals surface area contributed by atoms with E-state index in [1.54, 1.807) is 13.0 Å². The van der Waals surface area contributed by atoms with Crippen LogP contribution in [0.3, 0.4) is 0 Å². The van der Waals surface area contributed by atoms with Gasteiger partial charge in [0.05, 0.1) is 0 Å². The van der Waals surface area contributed by atoms with E-state index in [0.29, 0.717) is 17.9 Å². The maximum Gasteiger partial charge on any atom is 0.336 e. The summed E-state index contributed by atoms with van der Waals surface area (Å²) in [6.45, 7) is 8.89. The van der Waals surface area contributed by atoms with E-state index in [2.05, 4.69) is 12.2 Å². The summed E-state index contributed by atoms with van der Waals surface area (Å²) >= 11 is 0. The van der Waals surface area contributed by atoms with Crippen molar-refractivity contribution >= 4 is 16.9 Å². The van der Waals surface area contributed by atoms with Crippen LogP contribution >= 0.6 is 0 Å². The van der Waals surface area contributed by atoms with Crippen LogP contribution in [0.15, 0.2) is 27.4 Å². The van der Waals surface area contributed by atoms with Gasteiger partial charge in [-0.1, -0.05) is 13.3 Å².